The lowest BCUT2D eigenvalue weighted by Crippen LogP contribution is -2.46. The van der Waals surface area contributed by atoms with Gasteiger partial charge in [0.2, 0.25) is 0 Å². The van der Waals surface area contributed by atoms with Crippen molar-refractivity contribution in [3.63, 3.8) is 0 Å². The number of carbonyl (C=O) groups excluding carboxylic acids is 2. The van der Waals surface area contributed by atoms with Gasteiger partial charge in [0, 0.05) is 42.7 Å². The summed E-state index contributed by atoms with van der Waals surface area (Å²) in [4.78, 5) is 34.2. The zero-order valence-corrected chi connectivity index (χ0v) is 14.8. The second-order valence-electron chi connectivity index (χ2n) is 5.78. The Morgan fingerprint density at radius 3 is 2.24 bits per heavy atom. The summed E-state index contributed by atoms with van der Waals surface area (Å²) in [6.07, 6.45) is 4.58. The molecule has 3 heterocycles. The number of hydrogen-bond acceptors (Lipinski definition) is 4. The van der Waals surface area contributed by atoms with Gasteiger partial charge in [0.25, 0.3) is 11.8 Å². The summed E-state index contributed by atoms with van der Waals surface area (Å²) in [5.74, 6) is -0.259. The lowest BCUT2D eigenvalue weighted by atomic mass is 10.0. The summed E-state index contributed by atoms with van der Waals surface area (Å²) < 4.78 is 0. The molecule has 0 radical (unpaired) electrons. The molecule has 0 saturated carbocycles. The number of halogens is 2. The number of carbonyl (C=O) groups is 2. The fraction of sp³-hybridized carbons (Fsp3) is 0.294. The average Bonchev–Trinajstić information content (AvgIpc) is 2.61. The second-order valence-corrected chi connectivity index (χ2v) is 6.55. The minimum absolute atomic E-state index is 0.000272. The molecule has 2 amide bonds. The van der Waals surface area contributed by atoms with Crippen LogP contribution in [0.15, 0.2) is 36.7 Å². The predicted molar refractivity (Wildman–Crippen MR) is 94.9 cm³/mol. The fourth-order valence-electron chi connectivity index (χ4n) is 2.77. The Kier molecular flexibility index (Phi) is 5.50. The number of nitrogens with one attached hydrogen (secondary N) is 1. The number of hydrogen-bond donors (Lipinski definition) is 1. The third kappa shape index (κ3) is 4.46. The molecule has 130 valence electrons. The molecule has 0 aliphatic carbocycles. The predicted octanol–water partition coefficient (Wildman–Crippen LogP) is 2.82. The minimum Gasteiger partial charge on any atom is -0.349 e. The van der Waals surface area contributed by atoms with Crippen LogP contribution >= 0.6 is 23.2 Å². The zero-order valence-electron chi connectivity index (χ0n) is 13.3. The van der Waals surface area contributed by atoms with Gasteiger partial charge < -0.3 is 10.2 Å². The van der Waals surface area contributed by atoms with E-state index in [9.17, 15) is 9.59 Å². The average molecular weight is 379 g/mol. The van der Waals surface area contributed by atoms with Crippen LogP contribution in [0, 0.1) is 0 Å². The van der Waals surface area contributed by atoms with Crippen molar-refractivity contribution in [2.45, 2.75) is 18.9 Å². The summed E-state index contributed by atoms with van der Waals surface area (Å²) in [6, 6.07) is 6.36. The molecule has 1 aliphatic heterocycles. The fourth-order valence-corrected chi connectivity index (χ4v) is 3.23. The number of likely N-dealkylation sites (tertiary alicyclic amines) is 1. The minimum atomic E-state index is -0.245. The molecule has 25 heavy (non-hydrogen) atoms. The van der Waals surface area contributed by atoms with Crippen LogP contribution in [0.4, 0.5) is 0 Å². The van der Waals surface area contributed by atoms with Crippen molar-refractivity contribution in [3.8, 4) is 0 Å². The van der Waals surface area contributed by atoms with Crippen LogP contribution in [0.2, 0.25) is 10.3 Å². The molecule has 1 aliphatic rings. The number of piperidine rings is 1. The molecular formula is C17H16Cl2N4O2. The van der Waals surface area contributed by atoms with Gasteiger partial charge in [-0.3, -0.25) is 14.6 Å². The maximum Gasteiger partial charge on any atom is 0.253 e. The van der Waals surface area contributed by atoms with E-state index >= 15 is 0 Å². The normalized spacial score (nSPS) is 15.0. The Balaban J connectivity index is 1.56. The topological polar surface area (TPSA) is 75.2 Å². The maximum absolute atomic E-state index is 12.4. The molecule has 2 aromatic rings. The van der Waals surface area contributed by atoms with Crippen molar-refractivity contribution in [1.82, 2.24) is 20.2 Å². The number of pyridine rings is 2. The standard InChI is InChI=1S/C17H16Cl2N4O2/c18-14-9-12(10-15(19)22-14)16(24)21-13-3-7-23(8-4-13)17(25)11-1-5-20-6-2-11/h1-2,5-6,9-10,13H,3-4,7-8H2,(H,21,24). The molecule has 1 fully saturated rings. The van der Waals surface area contributed by atoms with E-state index in [1.165, 1.54) is 12.1 Å². The first kappa shape index (κ1) is 17.6. The number of rotatable bonds is 3. The first-order valence-electron chi connectivity index (χ1n) is 7.86. The van der Waals surface area contributed by atoms with Gasteiger partial charge in [-0.2, -0.15) is 0 Å². The second kappa shape index (κ2) is 7.80. The van der Waals surface area contributed by atoms with E-state index in [2.05, 4.69) is 15.3 Å². The summed E-state index contributed by atoms with van der Waals surface area (Å²) >= 11 is 11.6. The van der Waals surface area contributed by atoms with Crippen molar-refractivity contribution in [2.75, 3.05) is 13.1 Å². The molecule has 8 heteroatoms. The monoisotopic (exact) mass is 378 g/mol. The van der Waals surface area contributed by atoms with Gasteiger partial charge >= 0.3 is 0 Å². The summed E-state index contributed by atoms with van der Waals surface area (Å²) in [5.41, 5.74) is 0.999. The van der Waals surface area contributed by atoms with Crippen molar-refractivity contribution in [1.29, 1.82) is 0 Å². The highest BCUT2D eigenvalue weighted by molar-refractivity contribution is 6.33. The van der Waals surface area contributed by atoms with Crippen molar-refractivity contribution >= 4 is 35.0 Å². The SMILES string of the molecule is O=C(NC1CCN(C(=O)c2ccncc2)CC1)c1cc(Cl)nc(Cl)c1. The van der Waals surface area contributed by atoms with Crippen LogP contribution in [0.5, 0.6) is 0 Å². The summed E-state index contributed by atoms with van der Waals surface area (Å²) in [7, 11) is 0. The molecule has 1 N–H and O–H groups in total. The Morgan fingerprint density at radius 1 is 1.04 bits per heavy atom. The molecule has 0 aromatic carbocycles. The van der Waals surface area contributed by atoms with Crippen molar-refractivity contribution < 1.29 is 9.59 Å². The maximum atomic E-state index is 12.4. The smallest absolute Gasteiger partial charge is 0.253 e. The van der Waals surface area contributed by atoms with Crippen LogP contribution in [0.25, 0.3) is 0 Å². The molecule has 3 rings (SSSR count). The molecular weight excluding hydrogens is 363 g/mol. The van der Waals surface area contributed by atoms with Gasteiger partial charge in [-0.25, -0.2) is 4.98 Å². The van der Waals surface area contributed by atoms with Crippen LogP contribution in [0.3, 0.4) is 0 Å². The van der Waals surface area contributed by atoms with Crippen molar-refractivity contribution in [3.05, 3.63) is 58.1 Å². The van der Waals surface area contributed by atoms with Gasteiger partial charge in [0.1, 0.15) is 10.3 Å². The number of nitrogens with zero attached hydrogens (tertiary/aromatic N) is 3. The van der Waals surface area contributed by atoms with E-state index in [0.29, 0.717) is 37.1 Å². The largest absolute Gasteiger partial charge is 0.349 e. The van der Waals surface area contributed by atoms with E-state index in [0.717, 1.165) is 0 Å². The van der Waals surface area contributed by atoms with Crippen LogP contribution in [-0.2, 0) is 0 Å². The quantitative estimate of drug-likeness (QED) is 0.833. The van der Waals surface area contributed by atoms with Gasteiger partial charge in [-0.15, -0.1) is 0 Å². The first-order valence-corrected chi connectivity index (χ1v) is 8.62. The van der Waals surface area contributed by atoms with Crippen LogP contribution < -0.4 is 5.32 Å². The lowest BCUT2D eigenvalue weighted by molar-refractivity contribution is 0.0698. The highest BCUT2D eigenvalue weighted by Gasteiger charge is 2.25. The molecule has 0 bridgehead atoms. The van der Waals surface area contributed by atoms with Crippen molar-refractivity contribution in [2.24, 2.45) is 0 Å². The third-order valence-electron chi connectivity index (χ3n) is 4.07. The molecule has 0 atom stereocenters. The molecule has 0 spiro atoms. The van der Waals surface area contributed by atoms with E-state index in [1.54, 1.807) is 29.4 Å². The molecule has 1 saturated heterocycles. The Bertz CT molecular complexity index is 757. The third-order valence-corrected chi connectivity index (χ3v) is 4.46. The van der Waals surface area contributed by atoms with Gasteiger partial charge in [0.05, 0.1) is 0 Å². The highest BCUT2D eigenvalue weighted by Crippen LogP contribution is 2.17. The van der Waals surface area contributed by atoms with E-state index in [1.807, 2.05) is 0 Å². The zero-order chi connectivity index (χ0) is 17.8. The summed E-state index contributed by atoms with van der Waals surface area (Å²) in [5, 5.41) is 3.31. The van der Waals surface area contributed by atoms with E-state index in [-0.39, 0.29) is 28.2 Å². The van der Waals surface area contributed by atoms with Gasteiger partial charge in [-0.1, -0.05) is 23.2 Å². The van der Waals surface area contributed by atoms with Crippen LogP contribution in [-0.4, -0.2) is 45.8 Å². The first-order chi connectivity index (χ1) is 12.0. The number of aromatic nitrogens is 2. The Labute approximate surface area is 155 Å². The molecule has 6 nitrogen and oxygen atoms in total. The highest BCUT2D eigenvalue weighted by atomic mass is 35.5. The Morgan fingerprint density at radius 2 is 1.64 bits per heavy atom. The summed E-state index contributed by atoms with van der Waals surface area (Å²) in [6.45, 7) is 1.17. The molecule has 2 aromatic heterocycles. The van der Waals surface area contributed by atoms with E-state index < -0.39 is 0 Å². The van der Waals surface area contributed by atoms with E-state index in [4.69, 9.17) is 23.2 Å². The van der Waals surface area contributed by atoms with Gasteiger partial charge in [0.15, 0.2) is 0 Å². The lowest BCUT2D eigenvalue weighted by Gasteiger charge is -2.32. The number of amides is 2. The molecule has 0 unspecified atom stereocenters. The van der Waals surface area contributed by atoms with Crippen LogP contribution in [0.1, 0.15) is 33.6 Å². The Hall–Kier alpha value is -2.18. The van der Waals surface area contributed by atoms with Gasteiger partial charge in [-0.05, 0) is 37.1 Å².